The van der Waals surface area contributed by atoms with Crippen LogP contribution in [0.15, 0.2) is 41.8 Å². The van der Waals surface area contributed by atoms with Crippen LogP contribution in [0.25, 0.3) is 0 Å². The molecule has 5 heteroatoms. The number of nitrogens with one attached hydrogen (secondary N) is 1. The van der Waals surface area contributed by atoms with Crippen LogP contribution in [0.2, 0.25) is 0 Å². The molecule has 0 unspecified atom stereocenters. The molecule has 2 atom stereocenters. The molecule has 3 rings (SSSR count). The number of benzene rings is 1. The minimum Gasteiger partial charge on any atom is -0.470 e. The van der Waals surface area contributed by atoms with Gasteiger partial charge in [0.1, 0.15) is 0 Å². The Labute approximate surface area is 122 Å². The van der Waals surface area contributed by atoms with Crippen molar-refractivity contribution in [3.8, 4) is 0 Å². The molecule has 0 radical (unpaired) electrons. The number of ether oxygens (including phenoxy) is 2. The molecule has 1 aromatic rings. The quantitative estimate of drug-likeness (QED) is 0.657. The monoisotopic (exact) mass is 287 g/mol. The van der Waals surface area contributed by atoms with Crippen molar-refractivity contribution in [2.75, 3.05) is 13.2 Å². The Morgan fingerprint density at radius 3 is 2.86 bits per heavy atom. The van der Waals surface area contributed by atoms with Crippen LogP contribution in [0.4, 0.5) is 0 Å². The molecule has 0 bridgehead atoms. The van der Waals surface area contributed by atoms with Gasteiger partial charge in [0.15, 0.2) is 12.2 Å². The summed E-state index contributed by atoms with van der Waals surface area (Å²) in [6.07, 6.45) is 0.959. The number of carbonyl (C=O) groups excluding carboxylic acids is 2. The fraction of sp³-hybridized carbons (Fsp3) is 0.375. The molecule has 2 aliphatic rings. The molecule has 1 heterocycles. The predicted molar refractivity (Wildman–Crippen MR) is 75.3 cm³/mol. The maximum Gasteiger partial charge on any atom is 0.347 e. The number of ketones is 1. The molecule has 0 spiro atoms. The van der Waals surface area contributed by atoms with Gasteiger partial charge in [-0.05, 0) is 18.9 Å². The molecule has 1 N–H and O–H groups in total. The first-order valence-electron chi connectivity index (χ1n) is 7.09. The minimum absolute atomic E-state index is 0.00978. The number of esters is 1. The van der Waals surface area contributed by atoms with Gasteiger partial charge in [0.05, 0.1) is 6.61 Å². The second-order valence-corrected chi connectivity index (χ2v) is 5.14. The van der Waals surface area contributed by atoms with Crippen molar-refractivity contribution in [2.24, 2.45) is 0 Å². The number of hydrogen-bond acceptors (Lipinski definition) is 5. The van der Waals surface area contributed by atoms with Crippen LogP contribution in [-0.2, 0) is 19.1 Å². The molecule has 1 aliphatic heterocycles. The van der Waals surface area contributed by atoms with Crippen LogP contribution < -0.4 is 5.32 Å². The lowest BCUT2D eigenvalue weighted by atomic mass is 10.1. The predicted octanol–water partition coefficient (Wildman–Crippen LogP) is 1.51. The summed E-state index contributed by atoms with van der Waals surface area (Å²) in [6.45, 7) is 1.84. The zero-order chi connectivity index (χ0) is 14.8. The third kappa shape index (κ3) is 2.77. The van der Waals surface area contributed by atoms with E-state index >= 15 is 0 Å². The van der Waals surface area contributed by atoms with Gasteiger partial charge in [-0.15, -0.1) is 0 Å². The topological polar surface area (TPSA) is 64.6 Å². The third-order valence-electron chi connectivity index (χ3n) is 3.67. The highest BCUT2D eigenvalue weighted by molar-refractivity contribution is 6.19. The van der Waals surface area contributed by atoms with Gasteiger partial charge >= 0.3 is 5.97 Å². The van der Waals surface area contributed by atoms with Crippen molar-refractivity contribution in [3.63, 3.8) is 0 Å². The molecule has 0 saturated heterocycles. The molecular formula is C16H17NO4. The summed E-state index contributed by atoms with van der Waals surface area (Å²) in [5, 5.41) is 3.16. The highest BCUT2D eigenvalue weighted by Crippen LogP contribution is 2.41. The summed E-state index contributed by atoms with van der Waals surface area (Å²) in [4.78, 5) is 23.5. The first-order chi connectivity index (χ1) is 10.2. The van der Waals surface area contributed by atoms with Crippen molar-refractivity contribution in [3.05, 3.63) is 47.4 Å². The summed E-state index contributed by atoms with van der Waals surface area (Å²) in [6, 6.07) is 10.3. The van der Waals surface area contributed by atoms with E-state index in [1.54, 1.807) is 6.92 Å². The number of rotatable bonds is 5. The average Bonchev–Trinajstić information content (AvgIpc) is 3.16. The first kappa shape index (κ1) is 13.7. The molecule has 1 aliphatic carbocycles. The summed E-state index contributed by atoms with van der Waals surface area (Å²) >= 11 is 0. The maximum atomic E-state index is 11.8. The second-order valence-electron chi connectivity index (χ2n) is 5.14. The van der Waals surface area contributed by atoms with E-state index in [-0.39, 0.29) is 36.5 Å². The number of hydrogen-bond donors (Lipinski definition) is 1. The zero-order valence-corrected chi connectivity index (χ0v) is 11.8. The third-order valence-corrected chi connectivity index (χ3v) is 3.67. The molecular weight excluding hydrogens is 270 g/mol. The number of carbonyl (C=O) groups is 2. The van der Waals surface area contributed by atoms with Gasteiger partial charge in [-0.1, -0.05) is 30.3 Å². The van der Waals surface area contributed by atoms with E-state index in [0.717, 1.165) is 6.42 Å². The Hall–Kier alpha value is -2.30. The van der Waals surface area contributed by atoms with E-state index < -0.39 is 5.97 Å². The van der Waals surface area contributed by atoms with Crippen molar-refractivity contribution >= 4 is 11.8 Å². The van der Waals surface area contributed by atoms with Gasteiger partial charge < -0.3 is 14.8 Å². The van der Waals surface area contributed by atoms with Crippen molar-refractivity contribution in [1.29, 1.82) is 0 Å². The van der Waals surface area contributed by atoms with E-state index in [9.17, 15) is 9.59 Å². The van der Waals surface area contributed by atoms with Crippen molar-refractivity contribution < 1.29 is 19.1 Å². The summed E-state index contributed by atoms with van der Waals surface area (Å²) in [5.74, 6) is -0.282. The highest BCUT2D eigenvalue weighted by atomic mass is 16.5. The lowest BCUT2D eigenvalue weighted by Gasteiger charge is -2.08. The number of Topliss-reactive ketones (excluding diaryl/α,β-unsaturated/α-hetero) is 1. The normalized spacial score (nSPS) is 23.8. The Balaban J connectivity index is 1.70. The fourth-order valence-electron chi connectivity index (χ4n) is 2.52. The standard InChI is InChI=1S/C16H17NO4/c1-2-20-16(19)14-13(18)9-21-15(14)17-12-8-11(12)10-6-4-3-5-7-10/h3-7,11-12,17H,2,8-9H2,1H3/t11-,12+/m0/s1. The van der Waals surface area contributed by atoms with E-state index in [0.29, 0.717) is 5.92 Å². The van der Waals surface area contributed by atoms with Crippen LogP contribution in [0.5, 0.6) is 0 Å². The first-order valence-corrected chi connectivity index (χ1v) is 7.09. The smallest absolute Gasteiger partial charge is 0.347 e. The molecule has 110 valence electrons. The van der Waals surface area contributed by atoms with E-state index in [4.69, 9.17) is 9.47 Å². The van der Waals surface area contributed by atoms with Gasteiger partial charge in [0.2, 0.25) is 11.7 Å². The molecule has 0 aromatic heterocycles. The molecule has 21 heavy (non-hydrogen) atoms. The summed E-state index contributed by atoms with van der Waals surface area (Å²) in [5.41, 5.74) is 1.26. The largest absolute Gasteiger partial charge is 0.470 e. The SMILES string of the molecule is CCOC(=O)C1=C(N[C@@H]2C[C@H]2c2ccccc2)OCC1=O. The van der Waals surface area contributed by atoms with Crippen LogP contribution in [0.1, 0.15) is 24.8 Å². The Kier molecular flexibility index (Phi) is 3.64. The van der Waals surface area contributed by atoms with Gasteiger partial charge in [0, 0.05) is 12.0 Å². The zero-order valence-electron chi connectivity index (χ0n) is 11.8. The van der Waals surface area contributed by atoms with E-state index in [1.165, 1.54) is 5.56 Å². The Morgan fingerprint density at radius 1 is 1.38 bits per heavy atom. The van der Waals surface area contributed by atoms with Crippen LogP contribution in [0.3, 0.4) is 0 Å². The van der Waals surface area contributed by atoms with E-state index in [1.807, 2.05) is 18.2 Å². The molecule has 1 saturated carbocycles. The summed E-state index contributed by atoms with van der Waals surface area (Å²) < 4.78 is 10.2. The van der Waals surface area contributed by atoms with Crippen LogP contribution >= 0.6 is 0 Å². The van der Waals surface area contributed by atoms with Crippen molar-refractivity contribution in [2.45, 2.75) is 25.3 Å². The average molecular weight is 287 g/mol. The lowest BCUT2D eigenvalue weighted by Crippen LogP contribution is -2.22. The lowest BCUT2D eigenvalue weighted by molar-refractivity contribution is -0.139. The van der Waals surface area contributed by atoms with Crippen LogP contribution in [-0.4, -0.2) is 31.0 Å². The summed E-state index contributed by atoms with van der Waals surface area (Å²) in [7, 11) is 0. The maximum absolute atomic E-state index is 11.8. The second kappa shape index (κ2) is 5.60. The van der Waals surface area contributed by atoms with Gasteiger partial charge in [0.25, 0.3) is 0 Å². The molecule has 1 aromatic carbocycles. The van der Waals surface area contributed by atoms with Gasteiger partial charge in [-0.3, -0.25) is 4.79 Å². The molecule has 0 amide bonds. The van der Waals surface area contributed by atoms with Crippen molar-refractivity contribution in [1.82, 2.24) is 5.32 Å². The fourth-order valence-corrected chi connectivity index (χ4v) is 2.52. The Morgan fingerprint density at radius 2 is 2.14 bits per heavy atom. The molecule has 5 nitrogen and oxygen atoms in total. The van der Waals surface area contributed by atoms with Gasteiger partial charge in [-0.25, -0.2) is 4.79 Å². The Bertz CT molecular complexity index is 594. The van der Waals surface area contributed by atoms with Crippen LogP contribution in [0, 0.1) is 0 Å². The minimum atomic E-state index is -0.612. The van der Waals surface area contributed by atoms with E-state index in [2.05, 4.69) is 17.4 Å². The van der Waals surface area contributed by atoms with Gasteiger partial charge in [-0.2, -0.15) is 0 Å². The molecule has 1 fully saturated rings. The highest BCUT2D eigenvalue weighted by Gasteiger charge is 2.42.